The van der Waals surface area contributed by atoms with Crippen LogP contribution in [0.3, 0.4) is 0 Å². The van der Waals surface area contributed by atoms with E-state index in [0.29, 0.717) is 0 Å². The summed E-state index contributed by atoms with van der Waals surface area (Å²) in [5, 5.41) is 18.5. The molecule has 1 rings (SSSR count). The van der Waals surface area contributed by atoms with E-state index in [9.17, 15) is 10.1 Å². The fourth-order valence-corrected chi connectivity index (χ4v) is 0.630. The van der Waals surface area contributed by atoms with Gasteiger partial charge in [-0.05, 0) is 6.07 Å². The molecule has 1 aromatic rings. The first-order chi connectivity index (χ1) is 5.25. The standard InChI is InChI=1S/C5H5N3O3/c9-7-5-4(8(10)11)2-1-3-6-5/h1-3,9H,(H,6,7). The van der Waals surface area contributed by atoms with Crippen molar-refractivity contribution in [3.05, 3.63) is 28.4 Å². The Labute approximate surface area is 61.6 Å². The van der Waals surface area contributed by atoms with E-state index in [-0.39, 0.29) is 11.5 Å². The van der Waals surface area contributed by atoms with E-state index in [0.717, 1.165) is 0 Å². The number of hydrogen-bond acceptors (Lipinski definition) is 5. The van der Waals surface area contributed by atoms with Crippen molar-refractivity contribution >= 4 is 11.5 Å². The fraction of sp³-hybridized carbons (Fsp3) is 0. The molecule has 0 aromatic carbocycles. The Morgan fingerprint density at radius 3 is 2.91 bits per heavy atom. The highest BCUT2D eigenvalue weighted by atomic mass is 16.6. The van der Waals surface area contributed by atoms with E-state index < -0.39 is 4.92 Å². The molecular weight excluding hydrogens is 150 g/mol. The zero-order chi connectivity index (χ0) is 8.27. The minimum atomic E-state index is -0.633. The molecule has 0 fully saturated rings. The molecular formula is C5H5N3O3. The number of rotatable bonds is 2. The molecule has 58 valence electrons. The topological polar surface area (TPSA) is 88.3 Å². The average Bonchev–Trinajstić information content (AvgIpc) is 2.04. The second-order valence-electron chi connectivity index (χ2n) is 1.74. The van der Waals surface area contributed by atoms with E-state index in [4.69, 9.17) is 5.21 Å². The van der Waals surface area contributed by atoms with Gasteiger partial charge in [-0.1, -0.05) is 0 Å². The number of nitrogens with zero attached hydrogens (tertiary/aromatic N) is 2. The zero-order valence-corrected chi connectivity index (χ0v) is 5.39. The van der Waals surface area contributed by atoms with Crippen molar-refractivity contribution in [1.29, 1.82) is 0 Å². The van der Waals surface area contributed by atoms with Crippen LogP contribution in [-0.2, 0) is 0 Å². The molecule has 2 N–H and O–H groups in total. The highest BCUT2D eigenvalue weighted by Gasteiger charge is 2.11. The predicted molar refractivity (Wildman–Crippen MR) is 36.3 cm³/mol. The van der Waals surface area contributed by atoms with Crippen LogP contribution in [0.2, 0.25) is 0 Å². The normalized spacial score (nSPS) is 9.18. The van der Waals surface area contributed by atoms with Crippen LogP contribution >= 0.6 is 0 Å². The smallest absolute Gasteiger partial charge is 0.289 e. The number of aromatic nitrogens is 1. The van der Waals surface area contributed by atoms with Gasteiger partial charge in [-0.15, -0.1) is 0 Å². The van der Waals surface area contributed by atoms with Crippen LogP contribution in [-0.4, -0.2) is 15.1 Å². The van der Waals surface area contributed by atoms with Crippen molar-refractivity contribution in [1.82, 2.24) is 4.98 Å². The average molecular weight is 155 g/mol. The SMILES string of the molecule is O=[N+]([O-])c1cccnc1NO. The molecule has 1 heterocycles. The lowest BCUT2D eigenvalue weighted by molar-refractivity contribution is -0.384. The fourth-order valence-electron chi connectivity index (χ4n) is 0.630. The lowest BCUT2D eigenvalue weighted by Gasteiger charge is -1.96. The first kappa shape index (κ1) is 7.42. The summed E-state index contributed by atoms with van der Waals surface area (Å²) < 4.78 is 0. The molecule has 1 aromatic heterocycles. The van der Waals surface area contributed by atoms with Gasteiger partial charge in [-0.3, -0.25) is 15.3 Å². The quantitative estimate of drug-likeness (QED) is 0.486. The van der Waals surface area contributed by atoms with E-state index in [1.165, 1.54) is 18.3 Å². The summed E-state index contributed by atoms with van der Waals surface area (Å²) >= 11 is 0. The van der Waals surface area contributed by atoms with Gasteiger partial charge in [0.2, 0.25) is 5.82 Å². The summed E-state index contributed by atoms with van der Waals surface area (Å²) in [7, 11) is 0. The second kappa shape index (κ2) is 2.93. The lowest BCUT2D eigenvalue weighted by atomic mass is 10.4. The van der Waals surface area contributed by atoms with E-state index >= 15 is 0 Å². The maximum absolute atomic E-state index is 10.2. The number of hydrogen-bond donors (Lipinski definition) is 2. The third-order valence-corrected chi connectivity index (χ3v) is 1.09. The van der Waals surface area contributed by atoms with Gasteiger partial charge in [0.15, 0.2) is 0 Å². The van der Waals surface area contributed by atoms with Crippen molar-refractivity contribution in [2.75, 3.05) is 5.48 Å². The summed E-state index contributed by atoms with van der Waals surface area (Å²) in [6.07, 6.45) is 1.34. The molecule has 0 aliphatic heterocycles. The van der Waals surface area contributed by atoms with Gasteiger partial charge in [0.1, 0.15) is 0 Å². The minimum absolute atomic E-state index is 0.155. The van der Waals surface area contributed by atoms with Crippen molar-refractivity contribution in [2.24, 2.45) is 0 Å². The summed E-state index contributed by atoms with van der Waals surface area (Å²) in [5.74, 6) is -0.155. The van der Waals surface area contributed by atoms with Gasteiger partial charge in [0, 0.05) is 12.3 Å². The van der Waals surface area contributed by atoms with Crippen LogP contribution in [0.15, 0.2) is 18.3 Å². The summed E-state index contributed by atoms with van der Waals surface area (Å²) in [6.45, 7) is 0. The molecule has 0 saturated heterocycles. The monoisotopic (exact) mass is 155 g/mol. The largest absolute Gasteiger partial charge is 0.313 e. The zero-order valence-electron chi connectivity index (χ0n) is 5.39. The molecule has 6 heteroatoms. The Morgan fingerprint density at radius 1 is 1.73 bits per heavy atom. The van der Waals surface area contributed by atoms with Gasteiger partial charge < -0.3 is 0 Å². The molecule has 0 spiro atoms. The van der Waals surface area contributed by atoms with E-state index in [1.807, 2.05) is 0 Å². The van der Waals surface area contributed by atoms with Crippen LogP contribution in [0.25, 0.3) is 0 Å². The van der Waals surface area contributed by atoms with Crippen LogP contribution in [0.1, 0.15) is 0 Å². The van der Waals surface area contributed by atoms with Crippen molar-refractivity contribution in [3.8, 4) is 0 Å². The van der Waals surface area contributed by atoms with Gasteiger partial charge in [-0.25, -0.2) is 10.5 Å². The van der Waals surface area contributed by atoms with E-state index in [2.05, 4.69) is 4.98 Å². The first-order valence-electron chi connectivity index (χ1n) is 2.75. The van der Waals surface area contributed by atoms with Gasteiger partial charge in [0.05, 0.1) is 4.92 Å². The molecule has 0 aliphatic rings. The Bertz CT molecular complexity index is 275. The predicted octanol–water partition coefficient (Wildman–Crippen LogP) is 0.791. The Balaban J connectivity index is 3.12. The Kier molecular flexibility index (Phi) is 1.98. The first-order valence-corrected chi connectivity index (χ1v) is 2.75. The Morgan fingerprint density at radius 2 is 2.45 bits per heavy atom. The summed E-state index contributed by atoms with van der Waals surface area (Å²) in [5.41, 5.74) is 1.37. The van der Waals surface area contributed by atoms with Crippen LogP contribution in [0.4, 0.5) is 11.5 Å². The molecule has 6 nitrogen and oxygen atoms in total. The second-order valence-corrected chi connectivity index (χ2v) is 1.74. The lowest BCUT2D eigenvalue weighted by Crippen LogP contribution is -1.98. The summed E-state index contributed by atoms with van der Waals surface area (Å²) in [6, 6.07) is 2.66. The number of nitro groups is 1. The van der Waals surface area contributed by atoms with Gasteiger partial charge >= 0.3 is 5.69 Å². The number of anilines is 1. The number of pyridine rings is 1. The van der Waals surface area contributed by atoms with E-state index in [1.54, 1.807) is 5.48 Å². The highest BCUT2D eigenvalue weighted by molar-refractivity contribution is 5.53. The molecule has 0 saturated carbocycles. The number of nitrogens with one attached hydrogen (secondary N) is 1. The van der Waals surface area contributed by atoms with Gasteiger partial charge in [0.25, 0.3) is 0 Å². The van der Waals surface area contributed by atoms with Crippen LogP contribution < -0.4 is 5.48 Å². The molecule has 0 unspecified atom stereocenters. The highest BCUT2D eigenvalue weighted by Crippen LogP contribution is 2.18. The van der Waals surface area contributed by atoms with Crippen molar-refractivity contribution in [2.45, 2.75) is 0 Å². The van der Waals surface area contributed by atoms with Crippen LogP contribution in [0, 0.1) is 10.1 Å². The van der Waals surface area contributed by atoms with Gasteiger partial charge in [-0.2, -0.15) is 0 Å². The van der Waals surface area contributed by atoms with Crippen molar-refractivity contribution < 1.29 is 10.1 Å². The molecule has 11 heavy (non-hydrogen) atoms. The van der Waals surface area contributed by atoms with Crippen LogP contribution in [0.5, 0.6) is 0 Å². The molecule has 0 amide bonds. The molecule has 0 atom stereocenters. The third kappa shape index (κ3) is 1.41. The summed E-state index contributed by atoms with van der Waals surface area (Å²) in [4.78, 5) is 13.1. The Hall–Kier alpha value is -1.69. The molecule has 0 bridgehead atoms. The maximum Gasteiger partial charge on any atom is 0.313 e. The molecule has 0 radical (unpaired) electrons. The minimum Gasteiger partial charge on any atom is -0.289 e. The van der Waals surface area contributed by atoms with Crippen molar-refractivity contribution in [3.63, 3.8) is 0 Å². The molecule has 0 aliphatic carbocycles. The maximum atomic E-state index is 10.2. The third-order valence-electron chi connectivity index (χ3n) is 1.09.